The van der Waals surface area contributed by atoms with E-state index in [0.29, 0.717) is 5.69 Å². The van der Waals surface area contributed by atoms with Gasteiger partial charge in [0, 0.05) is 13.1 Å². The van der Waals surface area contributed by atoms with E-state index in [9.17, 15) is 13.2 Å². The SMILES string of the molecule is CN(c1ccc(F)cc1N)c1ccc(F)cc1F. The van der Waals surface area contributed by atoms with Crippen LogP contribution < -0.4 is 10.6 Å². The second-order valence-electron chi connectivity index (χ2n) is 3.86. The van der Waals surface area contributed by atoms with Crippen LogP contribution in [0.25, 0.3) is 0 Å². The molecule has 0 amide bonds. The Labute approximate surface area is 102 Å². The van der Waals surface area contributed by atoms with Gasteiger partial charge in [0.05, 0.1) is 17.1 Å². The number of anilines is 3. The van der Waals surface area contributed by atoms with Gasteiger partial charge in [-0.3, -0.25) is 0 Å². The van der Waals surface area contributed by atoms with Crippen LogP contribution >= 0.6 is 0 Å². The third kappa shape index (κ3) is 2.25. The minimum Gasteiger partial charge on any atom is -0.397 e. The summed E-state index contributed by atoms with van der Waals surface area (Å²) < 4.78 is 39.3. The zero-order valence-electron chi connectivity index (χ0n) is 9.62. The van der Waals surface area contributed by atoms with E-state index in [4.69, 9.17) is 5.73 Å². The van der Waals surface area contributed by atoms with Gasteiger partial charge < -0.3 is 10.6 Å². The Morgan fingerprint density at radius 2 is 1.44 bits per heavy atom. The molecule has 0 aliphatic rings. The van der Waals surface area contributed by atoms with Gasteiger partial charge in [-0.15, -0.1) is 0 Å². The third-order valence-corrected chi connectivity index (χ3v) is 2.62. The molecule has 0 saturated heterocycles. The molecule has 0 heterocycles. The second-order valence-corrected chi connectivity index (χ2v) is 3.86. The summed E-state index contributed by atoms with van der Waals surface area (Å²) in [6, 6.07) is 7.04. The van der Waals surface area contributed by atoms with Crippen molar-refractivity contribution in [3.8, 4) is 0 Å². The van der Waals surface area contributed by atoms with Gasteiger partial charge in [-0.05, 0) is 30.3 Å². The third-order valence-electron chi connectivity index (χ3n) is 2.62. The molecule has 0 aliphatic heterocycles. The molecule has 0 fully saturated rings. The predicted molar refractivity (Wildman–Crippen MR) is 65.2 cm³/mol. The second kappa shape index (κ2) is 4.60. The summed E-state index contributed by atoms with van der Waals surface area (Å²) in [6.45, 7) is 0. The van der Waals surface area contributed by atoms with Crippen LogP contribution in [0, 0.1) is 17.5 Å². The number of nitrogens with zero attached hydrogens (tertiary/aromatic N) is 1. The van der Waals surface area contributed by atoms with E-state index in [1.54, 1.807) is 7.05 Å². The molecule has 0 unspecified atom stereocenters. The fraction of sp³-hybridized carbons (Fsp3) is 0.0769. The van der Waals surface area contributed by atoms with E-state index < -0.39 is 17.5 Å². The number of nitrogens with two attached hydrogens (primary N) is 1. The molecule has 18 heavy (non-hydrogen) atoms. The first-order valence-corrected chi connectivity index (χ1v) is 5.23. The van der Waals surface area contributed by atoms with Gasteiger partial charge in [-0.2, -0.15) is 0 Å². The van der Waals surface area contributed by atoms with Crippen molar-refractivity contribution in [1.82, 2.24) is 0 Å². The molecule has 2 aromatic carbocycles. The standard InChI is InChI=1S/C13H11F3N2/c1-18(12-4-2-8(14)6-10(12)16)13-5-3-9(15)7-11(13)17/h2-7H,17H2,1H3. The Bertz CT molecular complexity index is 533. The summed E-state index contributed by atoms with van der Waals surface area (Å²) >= 11 is 0. The van der Waals surface area contributed by atoms with Gasteiger partial charge in [0.2, 0.25) is 0 Å². The summed E-state index contributed by atoms with van der Waals surface area (Å²) in [5.74, 6) is -1.83. The van der Waals surface area contributed by atoms with Gasteiger partial charge in [0.1, 0.15) is 17.5 Å². The van der Waals surface area contributed by atoms with Gasteiger partial charge in [-0.25, -0.2) is 13.2 Å². The lowest BCUT2D eigenvalue weighted by Gasteiger charge is -2.21. The quantitative estimate of drug-likeness (QED) is 0.829. The molecule has 0 saturated carbocycles. The molecule has 0 spiro atoms. The van der Waals surface area contributed by atoms with Crippen LogP contribution in [0.4, 0.5) is 30.2 Å². The van der Waals surface area contributed by atoms with Crippen molar-refractivity contribution < 1.29 is 13.2 Å². The molecule has 5 heteroatoms. The Hall–Kier alpha value is -2.17. The van der Waals surface area contributed by atoms with Crippen LogP contribution in [0.15, 0.2) is 36.4 Å². The molecule has 0 radical (unpaired) electrons. The molecule has 2 aromatic rings. The normalized spacial score (nSPS) is 10.4. The number of hydrogen-bond acceptors (Lipinski definition) is 2. The highest BCUT2D eigenvalue weighted by atomic mass is 19.1. The molecule has 2 nitrogen and oxygen atoms in total. The van der Waals surface area contributed by atoms with Crippen LogP contribution in [0.2, 0.25) is 0 Å². The van der Waals surface area contributed by atoms with Gasteiger partial charge in [0.15, 0.2) is 0 Å². The van der Waals surface area contributed by atoms with Crippen LogP contribution in [0.3, 0.4) is 0 Å². The summed E-state index contributed by atoms with van der Waals surface area (Å²) in [7, 11) is 1.57. The monoisotopic (exact) mass is 252 g/mol. The molecule has 94 valence electrons. The first kappa shape index (κ1) is 12.3. The van der Waals surface area contributed by atoms with Crippen molar-refractivity contribution in [2.75, 3.05) is 17.7 Å². The maximum absolute atomic E-state index is 13.6. The highest BCUT2D eigenvalue weighted by Crippen LogP contribution is 2.31. The highest BCUT2D eigenvalue weighted by Gasteiger charge is 2.13. The molecule has 0 aliphatic carbocycles. The molecule has 0 atom stereocenters. The van der Waals surface area contributed by atoms with E-state index in [0.717, 1.165) is 18.2 Å². The van der Waals surface area contributed by atoms with Crippen molar-refractivity contribution in [2.24, 2.45) is 0 Å². The zero-order valence-corrected chi connectivity index (χ0v) is 9.62. The maximum Gasteiger partial charge on any atom is 0.149 e. The van der Waals surface area contributed by atoms with Crippen LogP contribution in [-0.2, 0) is 0 Å². The van der Waals surface area contributed by atoms with Crippen LogP contribution in [-0.4, -0.2) is 7.05 Å². The fourth-order valence-electron chi connectivity index (χ4n) is 1.71. The maximum atomic E-state index is 13.6. The van der Waals surface area contributed by atoms with Crippen molar-refractivity contribution in [1.29, 1.82) is 0 Å². The summed E-state index contributed by atoms with van der Waals surface area (Å²) in [4.78, 5) is 1.43. The van der Waals surface area contributed by atoms with E-state index in [-0.39, 0.29) is 11.4 Å². The van der Waals surface area contributed by atoms with Gasteiger partial charge >= 0.3 is 0 Å². The van der Waals surface area contributed by atoms with E-state index in [1.165, 1.54) is 23.1 Å². The Kier molecular flexibility index (Phi) is 3.14. The average molecular weight is 252 g/mol. The highest BCUT2D eigenvalue weighted by molar-refractivity contribution is 5.74. The number of halogens is 3. The zero-order chi connectivity index (χ0) is 13.3. The summed E-state index contributed by atoms with van der Waals surface area (Å²) in [5, 5.41) is 0. The minimum absolute atomic E-state index is 0.162. The fourth-order valence-corrected chi connectivity index (χ4v) is 1.71. The predicted octanol–water partition coefficient (Wildman–Crippen LogP) is 3.45. The first-order valence-electron chi connectivity index (χ1n) is 5.23. The van der Waals surface area contributed by atoms with Crippen molar-refractivity contribution >= 4 is 17.1 Å². The summed E-state index contributed by atoms with van der Waals surface area (Å²) in [6.07, 6.45) is 0. The van der Waals surface area contributed by atoms with Crippen molar-refractivity contribution in [3.63, 3.8) is 0 Å². The van der Waals surface area contributed by atoms with Crippen molar-refractivity contribution in [3.05, 3.63) is 53.8 Å². The smallest absolute Gasteiger partial charge is 0.149 e. The Balaban J connectivity index is 2.44. The number of benzene rings is 2. The number of rotatable bonds is 2. The van der Waals surface area contributed by atoms with Crippen LogP contribution in [0.5, 0.6) is 0 Å². The first-order chi connectivity index (χ1) is 8.49. The van der Waals surface area contributed by atoms with E-state index in [1.807, 2.05) is 0 Å². The molecule has 0 bridgehead atoms. The topological polar surface area (TPSA) is 29.3 Å². The number of hydrogen-bond donors (Lipinski definition) is 1. The lowest BCUT2D eigenvalue weighted by Crippen LogP contribution is -2.13. The van der Waals surface area contributed by atoms with E-state index >= 15 is 0 Å². The average Bonchev–Trinajstić information content (AvgIpc) is 2.28. The molecule has 2 N–H and O–H groups in total. The largest absolute Gasteiger partial charge is 0.397 e. The lowest BCUT2D eigenvalue weighted by atomic mass is 10.2. The van der Waals surface area contributed by atoms with E-state index in [2.05, 4.69) is 0 Å². The van der Waals surface area contributed by atoms with Crippen molar-refractivity contribution in [2.45, 2.75) is 0 Å². The summed E-state index contributed by atoms with van der Waals surface area (Å²) in [5.41, 5.74) is 6.45. The van der Waals surface area contributed by atoms with Crippen LogP contribution in [0.1, 0.15) is 0 Å². The molecule has 0 aromatic heterocycles. The lowest BCUT2D eigenvalue weighted by molar-refractivity contribution is 0.583. The molecular formula is C13H11F3N2. The number of nitrogen functional groups attached to an aromatic ring is 1. The Morgan fingerprint density at radius 3 is 2.00 bits per heavy atom. The molecular weight excluding hydrogens is 241 g/mol. The Morgan fingerprint density at radius 1 is 0.889 bits per heavy atom. The minimum atomic E-state index is -0.707. The van der Waals surface area contributed by atoms with Gasteiger partial charge in [-0.1, -0.05) is 0 Å². The molecule has 2 rings (SSSR count). The van der Waals surface area contributed by atoms with Gasteiger partial charge in [0.25, 0.3) is 0 Å².